The highest BCUT2D eigenvalue weighted by Crippen LogP contribution is 2.67. The lowest BCUT2D eigenvalue weighted by Crippen LogP contribution is -2.83. The van der Waals surface area contributed by atoms with Crippen LogP contribution < -0.4 is 0 Å². The van der Waals surface area contributed by atoms with Gasteiger partial charge in [0.1, 0.15) is 29.0 Å². The number of ether oxygens (including phenoxy) is 3. The van der Waals surface area contributed by atoms with Crippen molar-refractivity contribution in [2.75, 3.05) is 13.2 Å². The van der Waals surface area contributed by atoms with Gasteiger partial charge in [0.25, 0.3) is 0 Å². The minimum absolute atomic E-state index is 0.00498. The van der Waals surface area contributed by atoms with E-state index >= 15 is 0 Å². The minimum atomic E-state index is -2.22. The maximum absolute atomic E-state index is 14.0. The fourth-order valence-corrected chi connectivity index (χ4v) is 7.80. The van der Waals surface area contributed by atoms with Crippen LogP contribution in [0.15, 0.2) is 0 Å². The van der Waals surface area contributed by atoms with E-state index in [0.29, 0.717) is 0 Å². The summed E-state index contributed by atoms with van der Waals surface area (Å²) >= 11 is 0. The zero-order valence-corrected chi connectivity index (χ0v) is 18.6. The molecule has 0 aromatic heterocycles. The summed E-state index contributed by atoms with van der Waals surface area (Å²) in [5.74, 6) is -3.52. The quantitative estimate of drug-likeness (QED) is 0.287. The summed E-state index contributed by atoms with van der Waals surface area (Å²) in [4.78, 5) is 25.9. The molecule has 180 valence electrons. The van der Waals surface area contributed by atoms with E-state index in [2.05, 4.69) is 0 Å². The second-order valence-electron chi connectivity index (χ2n) is 11.1. The van der Waals surface area contributed by atoms with E-state index in [9.17, 15) is 35.1 Å². The van der Waals surface area contributed by atoms with Crippen LogP contribution in [-0.2, 0) is 23.8 Å². The average Bonchev–Trinajstić information content (AvgIpc) is 2.86. The molecule has 32 heavy (non-hydrogen) atoms. The van der Waals surface area contributed by atoms with Crippen molar-refractivity contribution in [3.05, 3.63) is 0 Å². The molecule has 5 aliphatic rings. The second kappa shape index (κ2) is 6.29. The molecule has 5 N–H and O–H groups in total. The first-order valence-electron chi connectivity index (χ1n) is 11.2. The standard InChI is InChI=1S/C22H32O10/c1-9(23)32-12-6-13-21(28,8-30-13)15-14(25)10-5-11(24)20(4)22(29,18(10,2)7-31-20)17(27)16(26)19(12,15)3/h10-15,17,24-25,27-29H,5-8H2,1-4H3/t10-,11-,12-,13?,14+,15-,17-,18-,19+,20+,21-,22-/m0/s1. The Morgan fingerprint density at radius 1 is 1.09 bits per heavy atom. The highest BCUT2D eigenvalue weighted by atomic mass is 16.6. The number of rotatable bonds is 1. The van der Waals surface area contributed by atoms with Crippen LogP contribution in [0, 0.1) is 22.7 Å². The Morgan fingerprint density at radius 3 is 2.31 bits per heavy atom. The number of fused-ring (bicyclic) bond motifs is 3. The largest absolute Gasteiger partial charge is 0.461 e. The molecule has 12 atom stereocenters. The summed E-state index contributed by atoms with van der Waals surface area (Å²) in [7, 11) is 0. The number of aliphatic hydroxyl groups excluding tert-OH is 3. The molecule has 10 nitrogen and oxygen atoms in total. The Labute approximate surface area is 185 Å². The Balaban J connectivity index is 1.75. The maximum Gasteiger partial charge on any atom is 0.302 e. The Hall–Kier alpha value is -1.14. The summed E-state index contributed by atoms with van der Waals surface area (Å²) < 4.78 is 16.9. The molecule has 0 radical (unpaired) electrons. The van der Waals surface area contributed by atoms with E-state index < -0.39 is 81.7 Å². The van der Waals surface area contributed by atoms with E-state index in [0.717, 1.165) is 0 Å². The van der Waals surface area contributed by atoms with Gasteiger partial charge in [0.2, 0.25) is 0 Å². The molecule has 2 saturated heterocycles. The molecular weight excluding hydrogens is 424 g/mol. The number of aliphatic hydroxyl groups is 5. The van der Waals surface area contributed by atoms with Crippen molar-refractivity contribution in [2.24, 2.45) is 22.7 Å². The molecule has 3 saturated carbocycles. The van der Waals surface area contributed by atoms with E-state index in [1.807, 2.05) is 0 Å². The number of carbonyl (C=O) groups is 2. The van der Waals surface area contributed by atoms with Crippen LogP contribution in [0.4, 0.5) is 0 Å². The number of ketones is 1. The molecule has 0 spiro atoms. The molecule has 2 aliphatic heterocycles. The van der Waals surface area contributed by atoms with Crippen molar-refractivity contribution in [1.29, 1.82) is 0 Å². The first kappa shape index (κ1) is 22.6. The van der Waals surface area contributed by atoms with Gasteiger partial charge in [-0.3, -0.25) is 9.59 Å². The monoisotopic (exact) mass is 456 g/mol. The average molecular weight is 456 g/mol. The van der Waals surface area contributed by atoms with Gasteiger partial charge < -0.3 is 39.7 Å². The van der Waals surface area contributed by atoms with E-state index in [4.69, 9.17) is 14.2 Å². The van der Waals surface area contributed by atoms with E-state index in [1.54, 1.807) is 6.92 Å². The van der Waals surface area contributed by atoms with Crippen LogP contribution in [0.25, 0.3) is 0 Å². The predicted molar refractivity (Wildman–Crippen MR) is 105 cm³/mol. The molecular formula is C22H32O10. The third-order valence-corrected chi connectivity index (χ3v) is 9.82. The first-order chi connectivity index (χ1) is 14.7. The van der Waals surface area contributed by atoms with E-state index in [-0.39, 0.29) is 26.1 Å². The van der Waals surface area contributed by atoms with Gasteiger partial charge in [0, 0.05) is 24.7 Å². The molecule has 10 heteroatoms. The van der Waals surface area contributed by atoms with Crippen LogP contribution in [0.3, 0.4) is 0 Å². The lowest BCUT2D eigenvalue weighted by Gasteiger charge is -2.67. The van der Waals surface area contributed by atoms with Crippen molar-refractivity contribution < 1.29 is 49.3 Å². The summed E-state index contributed by atoms with van der Waals surface area (Å²) in [6, 6.07) is 0. The highest BCUT2D eigenvalue weighted by molar-refractivity contribution is 5.92. The van der Waals surface area contributed by atoms with Gasteiger partial charge in [-0.15, -0.1) is 0 Å². The Kier molecular flexibility index (Phi) is 4.45. The van der Waals surface area contributed by atoms with Crippen LogP contribution >= 0.6 is 0 Å². The van der Waals surface area contributed by atoms with Gasteiger partial charge in [-0.1, -0.05) is 6.92 Å². The molecule has 2 heterocycles. The smallest absolute Gasteiger partial charge is 0.302 e. The molecule has 1 unspecified atom stereocenters. The zero-order valence-electron chi connectivity index (χ0n) is 18.6. The fourth-order valence-electron chi connectivity index (χ4n) is 7.80. The number of Topliss-reactive ketones (excluding diaryl/α,β-unsaturated/α-hetero) is 1. The van der Waals surface area contributed by atoms with Crippen molar-refractivity contribution in [1.82, 2.24) is 0 Å². The van der Waals surface area contributed by atoms with Crippen molar-refractivity contribution >= 4 is 11.8 Å². The first-order valence-corrected chi connectivity index (χ1v) is 11.2. The molecule has 0 aromatic rings. The van der Waals surface area contributed by atoms with Gasteiger partial charge in [-0.05, 0) is 26.2 Å². The van der Waals surface area contributed by atoms with Crippen molar-refractivity contribution in [2.45, 2.75) is 87.9 Å². The van der Waals surface area contributed by atoms with Gasteiger partial charge in [-0.25, -0.2) is 0 Å². The number of carbonyl (C=O) groups excluding carboxylic acids is 2. The van der Waals surface area contributed by atoms with E-state index in [1.165, 1.54) is 20.8 Å². The van der Waals surface area contributed by atoms with Crippen molar-refractivity contribution in [3.63, 3.8) is 0 Å². The lowest BCUT2D eigenvalue weighted by atomic mass is 9.42. The fraction of sp³-hybridized carbons (Fsp3) is 0.909. The van der Waals surface area contributed by atoms with Gasteiger partial charge >= 0.3 is 5.97 Å². The number of esters is 1. The molecule has 0 amide bonds. The van der Waals surface area contributed by atoms with Crippen LogP contribution in [-0.4, -0.2) is 97.8 Å². The molecule has 5 rings (SSSR count). The topological polar surface area (TPSA) is 163 Å². The van der Waals surface area contributed by atoms with Crippen molar-refractivity contribution in [3.8, 4) is 0 Å². The highest BCUT2D eigenvalue weighted by Gasteiger charge is 2.82. The number of hydrogen-bond donors (Lipinski definition) is 5. The van der Waals surface area contributed by atoms with Gasteiger partial charge in [-0.2, -0.15) is 0 Å². The van der Waals surface area contributed by atoms with Crippen LogP contribution in [0.5, 0.6) is 0 Å². The normalized spacial score (nSPS) is 61.0. The second-order valence-corrected chi connectivity index (χ2v) is 11.1. The SMILES string of the molecule is CC(=O)O[C@H]1CC2OC[C@@]2(O)[C@H]2[C@H](O)[C@@H]3C[C@H](O)[C@@]4(C)OC[C@]3(C)[C@@]4(O)[C@@H](O)C(=O)[C@]12C. The maximum atomic E-state index is 14.0. The van der Waals surface area contributed by atoms with Gasteiger partial charge in [0.05, 0.1) is 36.9 Å². The zero-order chi connectivity index (χ0) is 23.6. The molecule has 3 aliphatic carbocycles. The Morgan fingerprint density at radius 2 is 1.75 bits per heavy atom. The predicted octanol–water partition coefficient (Wildman–Crippen LogP) is -1.71. The minimum Gasteiger partial charge on any atom is -0.461 e. The lowest BCUT2D eigenvalue weighted by molar-refractivity contribution is -0.346. The molecule has 4 bridgehead atoms. The third kappa shape index (κ3) is 2.16. The molecule has 5 fully saturated rings. The number of hydrogen-bond acceptors (Lipinski definition) is 10. The van der Waals surface area contributed by atoms with Crippen LogP contribution in [0.2, 0.25) is 0 Å². The van der Waals surface area contributed by atoms with Gasteiger partial charge in [0.15, 0.2) is 5.78 Å². The molecule has 0 aromatic carbocycles. The summed E-state index contributed by atoms with van der Waals surface area (Å²) in [5, 5.41) is 57.7. The summed E-state index contributed by atoms with van der Waals surface area (Å²) in [6.45, 7) is 5.50. The summed E-state index contributed by atoms with van der Waals surface area (Å²) in [6.07, 6.45) is -6.51. The third-order valence-electron chi connectivity index (χ3n) is 9.82. The Bertz CT molecular complexity index is 879. The van der Waals surface area contributed by atoms with Crippen LogP contribution in [0.1, 0.15) is 40.5 Å². The summed E-state index contributed by atoms with van der Waals surface area (Å²) in [5.41, 5.74) is -8.48.